The zero-order valence-electron chi connectivity index (χ0n) is 12.3. The summed E-state index contributed by atoms with van der Waals surface area (Å²) in [5.74, 6) is 1.94. The van der Waals surface area contributed by atoms with E-state index < -0.39 is 6.10 Å². The molecule has 2 N–H and O–H groups in total. The van der Waals surface area contributed by atoms with Crippen LogP contribution in [0.4, 0.5) is 0 Å². The smallest absolute Gasteiger partial charge is 0.251 e. The quantitative estimate of drug-likeness (QED) is 0.878. The standard InChI is InChI=1S/C18H23NO2/c20-17(15-9-11-3-4-13(15)8-11)14-6-5-12-2-1-7-19-18(21)16(12)10-14/h5-6,10-11,13,15,17,20H,1-4,7-9H2,(H,19,21). The Bertz CT molecular complexity index is 568. The number of benzene rings is 1. The monoisotopic (exact) mass is 285 g/mol. The lowest BCUT2D eigenvalue weighted by atomic mass is 9.81. The number of rotatable bonds is 2. The molecule has 112 valence electrons. The Morgan fingerprint density at radius 1 is 1.24 bits per heavy atom. The predicted molar refractivity (Wildman–Crippen MR) is 81.0 cm³/mol. The van der Waals surface area contributed by atoms with Crippen molar-refractivity contribution in [3.63, 3.8) is 0 Å². The van der Waals surface area contributed by atoms with Gasteiger partial charge in [-0.25, -0.2) is 0 Å². The van der Waals surface area contributed by atoms with Gasteiger partial charge in [0.1, 0.15) is 0 Å². The highest BCUT2D eigenvalue weighted by Crippen LogP contribution is 2.52. The third-order valence-electron chi connectivity index (χ3n) is 5.83. The van der Waals surface area contributed by atoms with Crippen LogP contribution in [0, 0.1) is 17.8 Å². The third-order valence-corrected chi connectivity index (χ3v) is 5.83. The topological polar surface area (TPSA) is 49.3 Å². The van der Waals surface area contributed by atoms with E-state index in [1.807, 2.05) is 18.2 Å². The highest BCUT2D eigenvalue weighted by molar-refractivity contribution is 5.96. The largest absolute Gasteiger partial charge is 0.388 e. The minimum atomic E-state index is -0.401. The predicted octanol–water partition coefficient (Wildman–Crippen LogP) is 2.83. The Morgan fingerprint density at radius 2 is 2.14 bits per heavy atom. The van der Waals surface area contributed by atoms with Crippen LogP contribution in [0.15, 0.2) is 18.2 Å². The molecule has 4 unspecified atom stereocenters. The molecule has 2 fully saturated rings. The summed E-state index contributed by atoms with van der Waals surface area (Å²) in [6.07, 6.45) is 6.62. The molecule has 3 nitrogen and oxygen atoms in total. The van der Waals surface area contributed by atoms with E-state index in [4.69, 9.17) is 0 Å². The molecule has 21 heavy (non-hydrogen) atoms. The molecule has 1 heterocycles. The fourth-order valence-electron chi connectivity index (χ4n) is 4.71. The van der Waals surface area contributed by atoms with E-state index in [1.165, 1.54) is 19.3 Å². The molecule has 2 aliphatic carbocycles. The summed E-state index contributed by atoms with van der Waals surface area (Å²) < 4.78 is 0. The third kappa shape index (κ3) is 2.28. The van der Waals surface area contributed by atoms with Crippen LogP contribution in [0.25, 0.3) is 0 Å². The van der Waals surface area contributed by atoms with Gasteiger partial charge in [0.2, 0.25) is 0 Å². The summed E-state index contributed by atoms with van der Waals surface area (Å²) in [7, 11) is 0. The van der Waals surface area contributed by atoms with Gasteiger partial charge in [-0.15, -0.1) is 0 Å². The zero-order valence-corrected chi connectivity index (χ0v) is 12.3. The van der Waals surface area contributed by atoms with Crippen LogP contribution in [0.1, 0.15) is 59.7 Å². The van der Waals surface area contributed by atoms with Crippen molar-refractivity contribution in [3.05, 3.63) is 34.9 Å². The van der Waals surface area contributed by atoms with E-state index >= 15 is 0 Å². The van der Waals surface area contributed by atoms with Crippen LogP contribution in [0.3, 0.4) is 0 Å². The number of aryl methyl sites for hydroxylation is 1. The first kappa shape index (κ1) is 13.3. The first-order chi connectivity index (χ1) is 10.2. The van der Waals surface area contributed by atoms with Crippen molar-refractivity contribution in [3.8, 4) is 0 Å². The van der Waals surface area contributed by atoms with Crippen LogP contribution in [0.2, 0.25) is 0 Å². The summed E-state index contributed by atoms with van der Waals surface area (Å²) in [6.45, 7) is 0.748. The fraction of sp³-hybridized carbons (Fsp3) is 0.611. The number of carbonyl (C=O) groups is 1. The highest BCUT2D eigenvalue weighted by Gasteiger charge is 2.43. The normalized spacial score (nSPS) is 32.4. The molecule has 4 atom stereocenters. The number of hydrogen-bond acceptors (Lipinski definition) is 2. The zero-order chi connectivity index (χ0) is 14.4. The van der Waals surface area contributed by atoms with E-state index in [-0.39, 0.29) is 5.91 Å². The average Bonchev–Trinajstić information content (AvgIpc) is 3.09. The average molecular weight is 285 g/mol. The van der Waals surface area contributed by atoms with Crippen molar-refractivity contribution in [2.45, 2.75) is 44.6 Å². The summed E-state index contributed by atoms with van der Waals surface area (Å²) in [5, 5.41) is 13.7. The maximum Gasteiger partial charge on any atom is 0.251 e. The molecule has 1 aliphatic heterocycles. The van der Waals surface area contributed by atoms with Gasteiger partial charge in [0.05, 0.1) is 6.10 Å². The minimum absolute atomic E-state index is 0.0180. The van der Waals surface area contributed by atoms with Crippen molar-refractivity contribution in [1.82, 2.24) is 5.32 Å². The van der Waals surface area contributed by atoms with Gasteiger partial charge in [-0.1, -0.05) is 18.6 Å². The van der Waals surface area contributed by atoms with Gasteiger partial charge in [0, 0.05) is 12.1 Å². The number of fused-ring (bicyclic) bond motifs is 3. The van der Waals surface area contributed by atoms with Gasteiger partial charge in [-0.3, -0.25) is 4.79 Å². The van der Waals surface area contributed by atoms with E-state index in [0.29, 0.717) is 11.8 Å². The lowest BCUT2D eigenvalue weighted by Gasteiger charge is -2.27. The summed E-state index contributed by atoms with van der Waals surface area (Å²) >= 11 is 0. The lowest BCUT2D eigenvalue weighted by Crippen LogP contribution is -2.23. The molecule has 0 radical (unpaired) electrons. The fourth-order valence-corrected chi connectivity index (χ4v) is 4.71. The number of amides is 1. The van der Waals surface area contributed by atoms with Gasteiger partial charge < -0.3 is 10.4 Å². The first-order valence-corrected chi connectivity index (χ1v) is 8.31. The molecule has 0 saturated heterocycles. The minimum Gasteiger partial charge on any atom is -0.388 e. The Hall–Kier alpha value is -1.35. The van der Waals surface area contributed by atoms with Crippen molar-refractivity contribution >= 4 is 5.91 Å². The SMILES string of the molecule is O=C1NCCCc2ccc(C(O)C3CC4CCC3C4)cc21. The Labute approximate surface area is 125 Å². The molecule has 1 amide bonds. The van der Waals surface area contributed by atoms with Crippen LogP contribution in [0.5, 0.6) is 0 Å². The number of hydrogen-bond donors (Lipinski definition) is 2. The molecule has 1 aromatic carbocycles. The van der Waals surface area contributed by atoms with Crippen LogP contribution in [-0.2, 0) is 6.42 Å². The number of nitrogens with one attached hydrogen (secondary N) is 1. The second kappa shape index (κ2) is 5.13. The molecule has 2 bridgehead atoms. The van der Waals surface area contributed by atoms with Crippen molar-refractivity contribution in [1.29, 1.82) is 0 Å². The van der Waals surface area contributed by atoms with Gasteiger partial charge in [0.25, 0.3) is 5.91 Å². The Morgan fingerprint density at radius 3 is 2.90 bits per heavy atom. The van der Waals surface area contributed by atoms with Gasteiger partial charge in [0.15, 0.2) is 0 Å². The number of aliphatic hydroxyl groups is 1. The molecule has 2 saturated carbocycles. The van der Waals surface area contributed by atoms with E-state index in [1.54, 1.807) is 0 Å². The van der Waals surface area contributed by atoms with Crippen molar-refractivity contribution in [2.24, 2.45) is 17.8 Å². The molecule has 0 aromatic heterocycles. The highest BCUT2D eigenvalue weighted by atomic mass is 16.3. The molecule has 3 heteroatoms. The number of aliphatic hydroxyl groups excluding tert-OH is 1. The van der Waals surface area contributed by atoms with Crippen molar-refractivity contribution < 1.29 is 9.90 Å². The second-order valence-electron chi connectivity index (χ2n) is 7.06. The lowest BCUT2D eigenvalue weighted by molar-refractivity contribution is 0.0744. The summed E-state index contributed by atoms with van der Waals surface area (Å²) in [5.41, 5.74) is 2.82. The molecule has 1 aromatic rings. The first-order valence-electron chi connectivity index (χ1n) is 8.31. The Kier molecular flexibility index (Phi) is 3.26. The maximum absolute atomic E-state index is 12.1. The van der Waals surface area contributed by atoms with E-state index in [2.05, 4.69) is 5.32 Å². The van der Waals surface area contributed by atoms with Crippen molar-refractivity contribution in [2.75, 3.05) is 6.54 Å². The van der Waals surface area contributed by atoms with Gasteiger partial charge in [-0.05, 0) is 67.1 Å². The molecule has 3 aliphatic rings. The Balaban J connectivity index is 1.62. The summed E-state index contributed by atoms with van der Waals surface area (Å²) in [6, 6.07) is 6.02. The molecular weight excluding hydrogens is 262 g/mol. The molecule has 4 rings (SSSR count). The van der Waals surface area contributed by atoms with E-state index in [0.717, 1.165) is 48.4 Å². The van der Waals surface area contributed by atoms with Gasteiger partial charge in [-0.2, -0.15) is 0 Å². The van der Waals surface area contributed by atoms with Crippen LogP contribution >= 0.6 is 0 Å². The molecule has 0 spiro atoms. The summed E-state index contributed by atoms with van der Waals surface area (Å²) in [4.78, 5) is 12.1. The number of carbonyl (C=O) groups excluding carboxylic acids is 1. The van der Waals surface area contributed by atoms with E-state index in [9.17, 15) is 9.90 Å². The van der Waals surface area contributed by atoms with Gasteiger partial charge >= 0.3 is 0 Å². The van der Waals surface area contributed by atoms with Crippen LogP contribution in [-0.4, -0.2) is 17.6 Å². The van der Waals surface area contributed by atoms with Crippen LogP contribution < -0.4 is 5.32 Å². The maximum atomic E-state index is 12.1. The second-order valence-corrected chi connectivity index (χ2v) is 7.06. The molecular formula is C18H23NO2.